The zero-order valence-electron chi connectivity index (χ0n) is 14.8. The van der Waals surface area contributed by atoms with Gasteiger partial charge in [-0.05, 0) is 43.9 Å². The Kier molecular flexibility index (Phi) is 5.55. The summed E-state index contributed by atoms with van der Waals surface area (Å²) in [5, 5.41) is 19.6. The molecule has 0 aliphatic heterocycles. The number of hydrogen-bond acceptors (Lipinski definition) is 4. The zero-order valence-corrected chi connectivity index (χ0v) is 14.8. The fourth-order valence-corrected chi connectivity index (χ4v) is 2.59. The Morgan fingerprint density at radius 2 is 1.32 bits per heavy atom. The van der Waals surface area contributed by atoms with Crippen molar-refractivity contribution in [1.29, 1.82) is 0 Å². The topological polar surface area (TPSA) is 74.6 Å². The van der Waals surface area contributed by atoms with Gasteiger partial charge in [-0.25, -0.2) is 0 Å². The van der Waals surface area contributed by atoms with Gasteiger partial charge in [-0.15, -0.1) is 0 Å². The van der Waals surface area contributed by atoms with Crippen LogP contribution in [0, 0.1) is 0 Å². The fraction of sp³-hybridized carbons (Fsp3) is 0.333. The van der Waals surface area contributed by atoms with E-state index >= 15 is 0 Å². The molecule has 0 unspecified atom stereocenters. The van der Waals surface area contributed by atoms with Gasteiger partial charge in [0.05, 0.1) is 0 Å². The van der Waals surface area contributed by atoms with Crippen LogP contribution < -0.4 is 0 Å². The molecule has 0 amide bonds. The highest BCUT2D eigenvalue weighted by molar-refractivity contribution is 6.01. The number of rotatable bonds is 7. The molecule has 4 heteroatoms. The smallest absolute Gasteiger partial charge is 0.193 e. The Balaban J connectivity index is 2.05. The average Bonchev–Trinajstić information content (AvgIpc) is 2.56. The first-order valence-corrected chi connectivity index (χ1v) is 8.23. The third-order valence-electron chi connectivity index (χ3n) is 4.02. The molecule has 0 aromatic heterocycles. The van der Waals surface area contributed by atoms with Crippen molar-refractivity contribution < 1.29 is 19.8 Å². The molecule has 0 saturated carbocycles. The Morgan fingerprint density at radius 3 is 1.76 bits per heavy atom. The minimum atomic E-state index is -1.37. The van der Waals surface area contributed by atoms with Crippen molar-refractivity contribution >= 4 is 12.1 Å². The van der Waals surface area contributed by atoms with Crippen LogP contribution >= 0.6 is 0 Å². The minimum absolute atomic E-state index is 0.282. The lowest BCUT2D eigenvalue weighted by atomic mass is 9.94. The first-order chi connectivity index (χ1) is 11.6. The molecule has 1 atom stereocenters. The molecule has 2 rings (SSSR count). The summed E-state index contributed by atoms with van der Waals surface area (Å²) in [6.07, 6.45) is 1.54. The third kappa shape index (κ3) is 5.34. The standard InChI is InChI=1S/C21H24O4/c1-20(2,24)19(23)18-10-8-16(9-11-18)12-15-4-6-17(7-5-15)13-21(3,25)14-22/h4-11,14,24-25H,12-13H2,1-3H3/t21-/m0/s1. The second kappa shape index (κ2) is 7.30. The molecule has 0 saturated heterocycles. The van der Waals surface area contributed by atoms with Crippen molar-refractivity contribution in [1.82, 2.24) is 0 Å². The molecule has 132 valence electrons. The predicted molar refractivity (Wildman–Crippen MR) is 96.7 cm³/mol. The average molecular weight is 340 g/mol. The van der Waals surface area contributed by atoms with Gasteiger partial charge < -0.3 is 15.0 Å². The first-order valence-electron chi connectivity index (χ1n) is 8.23. The van der Waals surface area contributed by atoms with Crippen LogP contribution in [0.1, 0.15) is 47.8 Å². The Morgan fingerprint density at radius 1 is 0.880 bits per heavy atom. The van der Waals surface area contributed by atoms with E-state index in [0.717, 1.165) is 16.7 Å². The molecule has 2 aromatic rings. The molecule has 0 heterocycles. The van der Waals surface area contributed by atoms with Crippen LogP contribution in [0.3, 0.4) is 0 Å². The monoisotopic (exact) mass is 340 g/mol. The number of hydrogen-bond donors (Lipinski definition) is 2. The van der Waals surface area contributed by atoms with Gasteiger partial charge in [0.2, 0.25) is 0 Å². The normalized spacial score (nSPS) is 14.0. The van der Waals surface area contributed by atoms with E-state index < -0.39 is 11.2 Å². The molecule has 0 aliphatic rings. The van der Waals surface area contributed by atoms with Gasteiger partial charge in [0.25, 0.3) is 0 Å². The Hall–Kier alpha value is -2.30. The highest BCUT2D eigenvalue weighted by atomic mass is 16.3. The van der Waals surface area contributed by atoms with Crippen molar-refractivity contribution in [2.45, 2.75) is 44.8 Å². The highest BCUT2D eigenvalue weighted by Gasteiger charge is 2.24. The van der Waals surface area contributed by atoms with Gasteiger partial charge in [-0.2, -0.15) is 0 Å². The number of benzene rings is 2. The van der Waals surface area contributed by atoms with Crippen LogP contribution in [-0.2, 0) is 17.6 Å². The number of ketones is 1. The van der Waals surface area contributed by atoms with E-state index in [2.05, 4.69) is 0 Å². The summed E-state index contributed by atoms with van der Waals surface area (Å²) >= 11 is 0. The summed E-state index contributed by atoms with van der Waals surface area (Å²) < 4.78 is 0. The minimum Gasteiger partial charge on any atom is -0.382 e. The Labute approximate surface area is 148 Å². The molecule has 2 N–H and O–H groups in total. The predicted octanol–water partition coefficient (Wildman–Crippen LogP) is 2.72. The zero-order chi connectivity index (χ0) is 18.7. The van der Waals surface area contributed by atoms with Gasteiger partial charge in [0.1, 0.15) is 11.2 Å². The summed E-state index contributed by atoms with van der Waals surface area (Å²) in [5.74, 6) is -0.300. The SMILES string of the molecule is CC(C)(O)C(=O)c1ccc(Cc2ccc(C[C@](C)(O)C=O)cc2)cc1. The van der Waals surface area contributed by atoms with Gasteiger partial charge >= 0.3 is 0 Å². The van der Waals surface area contributed by atoms with Crippen molar-refractivity contribution in [3.63, 3.8) is 0 Å². The fourth-order valence-electron chi connectivity index (χ4n) is 2.59. The van der Waals surface area contributed by atoms with Gasteiger partial charge in [0.15, 0.2) is 12.1 Å². The summed E-state index contributed by atoms with van der Waals surface area (Å²) in [5.41, 5.74) is 0.815. The molecular weight excluding hydrogens is 316 g/mol. The number of Topliss-reactive ketones (excluding diaryl/α,β-unsaturated/α-hetero) is 1. The maximum atomic E-state index is 12.0. The van der Waals surface area contributed by atoms with Crippen LogP contribution in [-0.4, -0.2) is 33.5 Å². The lowest BCUT2D eigenvalue weighted by Gasteiger charge is -2.16. The summed E-state index contributed by atoms with van der Waals surface area (Å²) in [6.45, 7) is 4.45. The molecule has 0 bridgehead atoms. The van der Waals surface area contributed by atoms with E-state index in [1.54, 1.807) is 12.1 Å². The second-order valence-electron chi connectivity index (χ2n) is 7.23. The van der Waals surface area contributed by atoms with Gasteiger partial charge in [-0.3, -0.25) is 4.79 Å². The van der Waals surface area contributed by atoms with E-state index in [1.807, 2.05) is 36.4 Å². The number of carbonyl (C=O) groups is 2. The van der Waals surface area contributed by atoms with E-state index in [9.17, 15) is 19.8 Å². The van der Waals surface area contributed by atoms with Crippen molar-refractivity contribution in [3.05, 3.63) is 70.8 Å². The van der Waals surface area contributed by atoms with Crippen LogP contribution in [0.2, 0.25) is 0 Å². The van der Waals surface area contributed by atoms with Crippen molar-refractivity contribution in [2.24, 2.45) is 0 Å². The van der Waals surface area contributed by atoms with Crippen molar-refractivity contribution in [2.75, 3.05) is 0 Å². The number of carbonyl (C=O) groups excluding carboxylic acids is 2. The van der Waals surface area contributed by atoms with Crippen molar-refractivity contribution in [3.8, 4) is 0 Å². The summed E-state index contributed by atoms with van der Waals surface area (Å²) in [6, 6.07) is 14.9. The molecule has 0 radical (unpaired) electrons. The van der Waals surface area contributed by atoms with Gasteiger partial charge in [0, 0.05) is 12.0 Å². The van der Waals surface area contributed by atoms with Crippen LogP contribution in [0.4, 0.5) is 0 Å². The third-order valence-corrected chi connectivity index (χ3v) is 4.02. The summed E-state index contributed by atoms with van der Waals surface area (Å²) in [4.78, 5) is 22.8. The molecule has 4 nitrogen and oxygen atoms in total. The number of aldehydes is 1. The lowest BCUT2D eigenvalue weighted by molar-refractivity contribution is -0.122. The molecule has 0 fully saturated rings. The summed E-state index contributed by atoms with van der Waals surface area (Å²) in [7, 11) is 0. The second-order valence-corrected chi connectivity index (χ2v) is 7.23. The molecule has 0 spiro atoms. The Bertz CT molecular complexity index is 735. The lowest BCUT2D eigenvalue weighted by Crippen LogP contribution is -2.31. The van der Waals surface area contributed by atoms with E-state index in [4.69, 9.17) is 0 Å². The van der Waals surface area contributed by atoms with Crippen LogP contribution in [0.5, 0.6) is 0 Å². The highest BCUT2D eigenvalue weighted by Crippen LogP contribution is 2.17. The first kappa shape index (κ1) is 19.0. The quantitative estimate of drug-likeness (QED) is 0.600. The number of aliphatic hydroxyl groups is 2. The maximum absolute atomic E-state index is 12.0. The van der Waals surface area contributed by atoms with E-state index in [0.29, 0.717) is 18.3 Å². The molecular formula is C21H24O4. The van der Waals surface area contributed by atoms with Gasteiger partial charge in [-0.1, -0.05) is 48.5 Å². The van der Waals surface area contributed by atoms with E-state index in [-0.39, 0.29) is 12.2 Å². The van der Waals surface area contributed by atoms with Crippen LogP contribution in [0.25, 0.3) is 0 Å². The molecule has 0 aliphatic carbocycles. The largest absolute Gasteiger partial charge is 0.382 e. The molecule has 25 heavy (non-hydrogen) atoms. The van der Waals surface area contributed by atoms with E-state index in [1.165, 1.54) is 20.8 Å². The maximum Gasteiger partial charge on any atom is 0.193 e. The van der Waals surface area contributed by atoms with Crippen LogP contribution in [0.15, 0.2) is 48.5 Å². The molecule has 2 aromatic carbocycles.